The van der Waals surface area contributed by atoms with Crippen molar-refractivity contribution in [3.05, 3.63) is 0 Å². The number of unbranched alkanes of at least 4 members (excludes halogenated alkanes) is 1. The SMILES string of the molecule is CCCCC(CC)CNC(=O)N(CC)CC. The number of urea groups is 1. The first kappa shape index (κ1) is 15.3. The molecule has 0 aliphatic heterocycles. The van der Waals surface area contributed by atoms with Crippen LogP contribution in [0.3, 0.4) is 0 Å². The van der Waals surface area contributed by atoms with Crippen molar-refractivity contribution in [2.45, 2.75) is 53.4 Å². The molecule has 0 heterocycles. The fourth-order valence-corrected chi connectivity index (χ4v) is 1.80. The second-order valence-electron chi connectivity index (χ2n) is 4.27. The molecule has 0 bridgehead atoms. The van der Waals surface area contributed by atoms with E-state index >= 15 is 0 Å². The first-order valence-corrected chi connectivity index (χ1v) is 6.72. The zero-order chi connectivity index (χ0) is 12.4. The normalized spacial score (nSPS) is 12.2. The number of carbonyl (C=O) groups is 1. The Labute approximate surface area is 101 Å². The van der Waals surface area contributed by atoms with Gasteiger partial charge in [0.15, 0.2) is 0 Å². The van der Waals surface area contributed by atoms with Crippen LogP contribution in [-0.2, 0) is 0 Å². The number of amides is 2. The van der Waals surface area contributed by atoms with Gasteiger partial charge in [-0.05, 0) is 26.2 Å². The molecule has 0 aromatic heterocycles. The number of rotatable bonds is 8. The zero-order valence-corrected chi connectivity index (χ0v) is 11.4. The van der Waals surface area contributed by atoms with Crippen LogP contribution < -0.4 is 5.32 Å². The number of hydrogen-bond donors (Lipinski definition) is 1. The highest BCUT2D eigenvalue weighted by Crippen LogP contribution is 2.11. The molecule has 16 heavy (non-hydrogen) atoms. The van der Waals surface area contributed by atoms with Crippen LogP contribution in [0.4, 0.5) is 4.79 Å². The van der Waals surface area contributed by atoms with Crippen LogP contribution in [0, 0.1) is 5.92 Å². The van der Waals surface area contributed by atoms with Crippen LogP contribution in [0.5, 0.6) is 0 Å². The monoisotopic (exact) mass is 228 g/mol. The highest BCUT2D eigenvalue weighted by atomic mass is 16.2. The smallest absolute Gasteiger partial charge is 0.317 e. The summed E-state index contributed by atoms with van der Waals surface area (Å²) in [6.45, 7) is 10.8. The molecule has 0 aromatic rings. The zero-order valence-electron chi connectivity index (χ0n) is 11.4. The van der Waals surface area contributed by atoms with E-state index in [-0.39, 0.29) is 6.03 Å². The third-order valence-corrected chi connectivity index (χ3v) is 3.14. The van der Waals surface area contributed by atoms with Crippen LogP contribution in [-0.4, -0.2) is 30.6 Å². The molecule has 1 unspecified atom stereocenters. The van der Waals surface area contributed by atoms with Crippen LogP contribution >= 0.6 is 0 Å². The molecular formula is C13H28N2O. The summed E-state index contributed by atoms with van der Waals surface area (Å²) in [7, 11) is 0. The van der Waals surface area contributed by atoms with Gasteiger partial charge in [-0.1, -0.05) is 33.1 Å². The van der Waals surface area contributed by atoms with Crippen molar-refractivity contribution in [2.75, 3.05) is 19.6 Å². The molecule has 0 saturated heterocycles. The number of nitrogens with one attached hydrogen (secondary N) is 1. The lowest BCUT2D eigenvalue weighted by Gasteiger charge is -2.21. The van der Waals surface area contributed by atoms with Crippen molar-refractivity contribution in [1.82, 2.24) is 10.2 Å². The van der Waals surface area contributed by atoms with Gasteiger partial charge in [0.05, 0.1) is 0 Å². The number of carbonyl (C=O) groups excluding carboxylic acids is 1. The maximum atomic E-state index is 11.7. The van der Waals surface area contributed by atoms with Gasteiger partial charge >= 0.3 is 6.03 Å². The van der Waals surface area contributed by atoms with Crippen molar-refractivity contribution >= 4 is 6.03 Å². The van der Waals surface area contributed by atoms with Crippen LogP contribution in [0.1, 0.15) is 53.4 Å². The van der Waals surface area contributed by atoms with E-state index < -0.39 is 0 Å². The standard InChI is InChI=1S/C13H28N2O/c1-5-9-10-12(6-2)11-14-13(16)15(7-3)8-4/h12H,5-11H2,1-4H3,(H,14,16). The number of hydrogen-bond acceptors (Lipinski definition) is 1. The van der Waals surface area contributed by atoms with E-state index in [4.69, 9.17) is 0 Å². The van der Waals surface area contributed by atoms with E-state index in [0.29, 0.717) is 5.92 Å². The highest BCUT2D eigenvalue weighted by molar-refractivity contribution is 5.74. The van der Waals surface area contributed by atoms with Gasteiger partial charge in [0.1, 0.15) is 0 Å². The summed E-state index contributed by atoms with van der Waals surface area (Å²) in [5.41, 5.74) is 0. The molecule has 2 amide bonds. The van der Waals surface area contributed by atoms with Gasteiger partial charge in [-0.25, -0.2) is 4.79 Å². The van der Waals surface area contributed by atoms with Crippen molar-refractivity contribution in [2.24, 2.45) is 5.92 Å². The lowest BCUT2D eigenvalue weighted by molar-refractivity contribution is 0.200. The van der Waals surface area contributed by atoms with Crippen LogP contribution in [0.15, 0.2) is 0 Å². The van der Waals surface area contributed by atoms with E-state index in [9.17, 15) is 4.79 Å². The summed E-state index contributed by atoms with van der Waals surface area (Å²) in [6, 6.07) is 0.0833. The summed E-state index contributed by atoms with van der Waals surface area (Å²) in [6.07, 6.45) is 4.88. The molecule has 3 heteroatoms. The highest BCUT2D eigenvalue weighted by Gasteiger charge is 2.11. The Balaban J connectivity index is 3.86. The molecule has 0 spiro atoms. The van der Waals surface area contributed by atoms with E-state index in [2.05, 4.69) is 19.2 Å². The minimum absolute atomic E-state index is 0.0833. The molecule has 0 fully saturated rings. The minimum atomic E-state index is 0.0833. The lowest BCUT2D eigenvalue weighted by atomic mass is 9.99. The van der Waals surface area contributed by atoms with Crippen LogP contribution in [0.2, 0.25) is 0 Å². The molecule has 1 N–H and O–H groups in total. The van der Waals surface area contributed by atoms with Crippen molar-refractivity contribution in [1.29, 1.82) is 0 Å². The maximum absolute atomic E-state index is 11.7. The molecule has 0 saturated carbocycles. The van der Waals surface area contributed by atoms with E-state index in [0.717, 1.165) is 26.1 Å². The minimum Gasteiger partial charge on any atom is -0.338 e. The second kappa shape index (κ2) is 9.49. The summed E-state index contributed by atoms with van der Waals surface area (Å²) >= 11 is 0. The van der Waals surface area contributed by atoms with Crippen molar-refractivity contribution in [3.63, 3.8) is 0 Å². The first-order valence-electron chi connectivity index (χ1n) is 6.72. The van der Waals surface area contributed by atoms with E-state index in [1.807, 2.05) is 18.7 Å². The third kappa shape index (κ3) is 5.99. The second-order valence-corrected chi connectivity index (χ2v) is 4.27. The Morgan fingerprint density at radius 3 is 2.25 bits per heavy atom. The Morgan fingerprint density at radius 2 is 1.81 bits per heavy atom. The van der Waals surface area contributed by atoms with Gasteiger partial charge in [0, 0.05) is 19.6 Å². The molecule has 1 atom stereocenters. The third-order valence-electron chi connectivity index (χ3n) is 3.14. The van der Waals surface area contributed by atoms with Gasteiger partial charge < -0.3 is 10.2 Å². The maximum Gasteiger partial charge on any atom is 0.317 e. The molecule has 0 aliphatic rings. The molecule has 0 aromatic carbocycles. The molecule has 0 radical (unpaired) electrons. The van der Waals surface area contributed by atoms with Gasteiger partial charge in [0.2, 0.25) is 0 Å². The Hall–Kier alpha value is -0.730. The molecule has 96 valence electrons. The lowest BCUT2D eigenvalue weighted by Crippen LogP contribution is -2.41. The first-order chi connectivity index (χ1) is 7.69. The molecule has 0 rings (SSSR count). The largest absolute Gasteiger partial charge is 0.338 e. The van der Waals surface area contributed by atoms with Gasteiger partial charge in [-0.15, -0.1) is 0 Å². The topological polar surface area (TPSA) is 32.3 Å². The van der Waals surface area contributed by atoms with E-state index in [1.54, 1.807) is 0 Å². The fourth-order valence-electron chi connectivity index (χ4n) is 1.80. The van der Waals surface area contributed by atoms with Crippen LogP contribution in [0.25, 0.3) is 0 Å². The summed E-state index contributed by atoms with van der Waals surface area (Å²) < 4.78 is 0. The number of nitrogens with zero attached hydrogens (tertiary/aromatic N) is 1. The fraction of sp³-hybridized carbons (Fsp3) is 0.923. The molecule has 0 aliphatic carbocycles. The predicted octanol–water partition coefficient (Wildman–Crippen LogP) is 3.25. The van der Waals surface area contributed by atoms with Gasteiger partial charge in [0.25, 0.3) is 0 Å². The van der Waals surface area contributed by atoms with E-state index in [1.165, 1.54) is 19.3 Å². The van der Waals surface area contributed by atoms with Crippen molar-refractivity contribution < 1.29 is 4.79 Å². The van der Waals surface area contributed by atoms with Gasteiger partial charge in [-0.3, -0.25) is 0 Å². The molecule has 3 nitrogen and oxygen atoms in total. The summed E-state index contributed by atoms with van der Waals surface area (Å²) in [5.74, 6) is 0.638. The summed E-state index contributed by atoms with van der Waals surface area (Å²) in [4.78, 5) is 13.5. The Morgan fingerprint density at radius 1 is 1.19 bits per heavy atom. The Kier molecular flexibility index (Phi) is 9.06. The average Bonchev–Trinajstić information content (AvgIpc) is 2.31. The van der Waals surface area contributed by atoms with Gasteiger partial charge in [-0.2, -0.15) is 0 Å². The average molecular weight is 228 g/mol. The Bertz CT molecular complexity index is 179. The molecular weight excluding hydrogens is 200 g/mol. The quantitative estimate of drug-likeness (QED) is 0.679. The van der Waals surface area contributed by atoms with Crippen molar-refractivity contribution in [3.8, 4) is 0 Å². The predicted molar refractivity (Wildman–Crippen MR) is 69.6 cm³/mol. The summed E-state index contributed by atoms with van der Waals surface area (Å²) in [5, 5.41) is 3.03.